The van der Waals surface area contributed by atoms with Gasteiger partial charge in [0.25, 0.3) is 0 Å². The van der Waals surface area contributed by atoms with Crippen LogP contribution in [0, 0.1) is 5.92 Å². The molecule has 0 saturated carbocycles. The lowest BCUT2D eigenvalue weighted by Gasteiger charge is -2.36. The van der Waals surface area contributed by atoms with E-state index in [0.717, 1.165) is 6.42 Å². The van der Waals surface area contributed by atoms with E-state index in [1.165, 1.54) is 55.5 Å². The zero-order chi connectivity index (χ0) is 21.3. The van der Waals surface area contributed by atoms with Crippen molar-refractivity contribution in [3.05, 3.63) is 131 Å². The fourth-order valence-electron chi connectivity index (χ4n) is 6.49. The molecule has 1 atom stereocenters. The maximum absolute atomic E-state index is 2.48. The first kappa shape index (κ1) is 18.0. The summed E-state index contributed by atoms with van der Waals surface area (Å²) in [5.41, 5.74) is 13.9. The van der Waals surface area contributed by atoms with Gasteiger partial charge in [-0.1, -0.05) is 109 Å². The van der Waals surface area contributed by atoms with Crippen LogP contribution < -0.4 is 5.46 Å². The number of allylic oxidation sites excluding steroid dienone is 4. The van der Waals surface area contributed by atoms with Crippen molar-refractivity contribution >= 4 is 18.9 Å². The van der Waals surface area contributed by atoms with Gasteiger partial charge >= 0.3 is 0 Å². The van der Waals surface area contributed by atoms with Crippen molar-refractivity contribution in [3.63, 3.8) is 0 Å². The summed E-state index contributed by atoms with van der Waals surface area (Å²) in [6.45, 7) is 0. The summed E-state index contributed by atoms with van der Waals surface area (Å²) in [4.78, 5) is 0. The predicted molar refractivity (Wildman–Crippen MR) is 137 cm³/mol. The summed E-state index contributed by atoms with van der Waals surface area (Å²) in [6.07, 6.45) is 8.03. The van der Waals surface area contributed by atoms with Gasteiger partial charge in [0.1, 0.15) is 7.85 Å². The molecular formula is C31H23B. The van der Waals surface area contributed by atoms with Crippen molar-refractivity contribution in [2.75, 3.05) is 0 Å². The Balaban J connectivity index is 1.58. The Morgan fingerprint density at radius 1 is 0.656 bits per heavy atom. The van der Waals surface area contributed by atoms with Crippen LogP contribution in [0.1, 0.15) is 28.7 Å². The van der Waals surface area contributed by atoms with E-state index in [1.807, 2.05) is 0 Å². The van der Waals surface area contributed by atoms with Crippen LogP contribution in [-0.4, -0.2) is 7.85 Å². The summed E-state index contributed by atoms with van der Waals surface area (Å²) in [7, 11) is 2.15. The second-order valence-corrected chi connectivity index (χ2v) is 9.36. The van der Waals surface area contributed by atoms with E-state index in [1.54, 1.807) is 0 Å². The van der Waals surface area contributed by atoms with Crippen molar-refractivity contribution in [3.8, 4) is 22.3 Å². The number of hydrogen-bond acceptors (Lipinski definition) is 0. The average molecular weight is 406 g/mol. The Labute approximate surface area is 190 Å². The van der Waals surface area contributed by atoms with Gasteiger partial charge in [0.15, 0.2) is 0 Å². The van der Waals surface area contributed by atoms with Crippen LogP contribution in [0.4, 0.5) is 0 Å². The largest absolute Gasteiger partial charge is 0.139 e. The Bertz CT molecular complexity index is 1410. The van der Waals surface area contributed by atoms with E-state index < -0.39 is 0 Å². The molecule has 32 heavy (non-hydrogen) atoms. The van der Waals surface area contributed by atoms with E-state index in [2.05, 4.69) is 117 Å². The molecule has 1 unspecified atom stereocenters. The predicted octanol–water partition coefficient (Wildman–Crippen LogP) is 5.90. The molecule has 0 fully saturated rings. The molecule has 0 saturated heterocycles. The standard InChI is InChI=1S/C31H23B/c32-22-16-13-20(14-17-22)21-15-18-26-25-9-3-6-12-29(25)31(30(26)19-21)27-10-4-1-7-23(27)24-8-2-5-11-28(24)31/h1-11,13-19,29H,12,32H2. The smallest absolute Gasteiger partial charge is 0.0889 e. The van der Waals surface area contributed by atoms with Crippen LogP contribution in [0.5, 0.6) is 0 Å². The fourth-order valence-corrected chi connectivity index (χ4v) is 6.49. The van der Waals surface area contributed by atoms with Crippen molar-refractivity contribution in [2.45, 2.75) is 11.8 Å². The van der Waals surface area contributed by atoms with E-state index in [4.69, 9.17) is 0 Å². The highest BCUT2D eigenvalue weighted by Crippen LogP contribution is 2.65. The van der Waals surface area contributed by atoms with Crippen molar-refractivity contribution in [2.24, 2.45) is 5.92 Å². The minimum atomic E-state index is -0.125. The van der Waals surface area contributed by atoms with E-state index >= 15 is 0 Å². The molecule has 3 aliphatic rings. The minimum Gasteiger partial charge on any atom is -0.0889 e. The van der Waals surface area contributed by atoms with Crippen LogP contribution in [0.25, 0.3) is 27.8 Å². The molecule has 3 aliphatic carbocycles. The molecule has 1 heteroatoms. The van der Waals surface area contributed by atoms with Gasteiger partial charge < -0.3 is 0 Å². The monoisotopic (exact) mass is 406 g/mol. The van der Waals surface area contributed by atoms with E-state index in [0.29, 0.717) is 5.92 Å². The Morgan fingerprint density at radius 3 is 2.03 bits per heavy atom. The molecular weight excluding hydrogens is 383 g/mol. The molecule has 0 bridgehead atoms. The first-order valence-electron chi connectivity index (χ1n) is 11.6. The lowest BCUT2D eigenvalue weighted by atomic mass is 9.65. The molecule has 0 aromatic heterocycles. The second-order valence-electron chi connectivity index (χ2n) is 9.36. The summed E-state index contributed by atoms with van der Waals surface area (Å²) in [6, 6.07) is 34.3. The third-order valence-corrected chi connectivity index (χ3v) is 7.82. The molecule has 1 spiro atoms. The van der Waals surface area contributed by atoms with Crippen LogP contribution in [0.15, 0.2) is 109 Å². The normalized spacial score (nSPS) is 18.6. The third-order valence-electron chi connectivity index (χ3n) is 7.82. The highest BCUT2D eigenvalue weighted by atomic mass is 14.6. The van der Waals surface area contributed by atoms with Gasteiger partial charge in [-0.2, -0.15) is 0 Å². The average Bonchev–Trinajstić information content (AvgIpc) is 3.32. The van der Waals surface area contributed by atoms with Gasteiger partial charge in [0, 0.05) is 5.92 Å². The van der Waals surface area contributed by atoms with Crippen LogP contribution >= 0.6 is 0 Å². The second kappa shape index (κ2) is 6.47. The number of hydrogen-bond donors (Lipinski definition) is 0. The molecule has 7 rings (SSSR count). The maximum Gasteiger partial charge on any atom is 0.139 e. The van der Waals surface area contributed by atoms with Crippen LogP contribution in [0.3, 0.4) is 0 Å². The Kier molecular flexibility index (Phi) is 3.64. The summed E-state index contributed by atoms with van der Waals surface area (Å²) < 4.78 is 0. The lowest BCUT2D eigenvalue weighted by molar-refractivity contribution is 0.495. The van der Waals surface area contributed by atoms with Crippen molar-refractivity contribution < 1.29 is 0 Å². The molecule has 0 nitrogen and oxygen atoms in total. The fraction of sp³-hybridized carbons (Fsp3) is 0.0968. The summed E-state index contributed by atoms with van der Waals surface area (Å²) >= 11 is 0. The SMILES string of the molecule is Bc1ccc(-c2ccc3c(c2)C2(c4ccccc4-c4ccccc42)C2CC=CC=C32)cc1. The molecule has 4 aromatic carbocycles. The Morgan fingerprint density at radius 2 is 1.31 bits per heavy atom. The first-order chi connectivity index (χ1) is 15.8. The number of fused-ring (bicyclic) bond motifs is 10. The van der Waals surface area contributed by atoms with Crippen molar-refractivity contribution in [1.82, 2.24) is 0 Å². The zero-order valence-corrected chi connectivity index (χ0v) is 18.2. The minimum absolute atomic E-state index is 0.125. The van der Waals surface area contributed by atoms with Gasteiger partial charge in [0.05, 0.1) is 5.41 Å². The van der Waals surface area contributed by atoms with Crippen molar-refractivity contribution in [1.29, 1.82) is 0 Å². The molecule has 4 aromatic rings. The number of rotatable bonds is 1. The molecule has 150 valence electrons. The van der Waals surface area contributed by atoms with Crippen LogP contribution in [0.2, 0.25) is 0 Å². The van der Waals surface area contributed by atoms with E-state index in [9.17, 15) is 0 Å². The highest BCUT2D eigenvalue weighted by Gasteiger charge is 2.55. The third kappa shape index (κ3) is 2.18. The molecule has 0 aliphatic heterocycles. The molecule has 0 amide bonds. The zero-order valence-electron chi connectivity index (χ0n) is 18.2. The molecule has 0 radical (unpaired) electrons. The topological polar surface area (TPSA) is 0 Å². The van der Waals surface area contributed by atoms with Gasteiger partial charge in [-0.3, -0.25) is 0 Å². The highest BCUT2D eigenvalue weighted by molar-refractivity contribution is 6.32. The van der Waals surface area contributed by atoms with Gasteiger partial charge in [-0.25, -0.2) is 0 Å². The lowest BCUT2D eigenvalue weighted by Crippen LogP contribution is -2.32. The van der Waals surface area contributed by atoms with E-state index in [-0.39, 0.29) is 5.41 Å². The molecule has 0 N–H and O–H groups in total. The van der Waals surface area contributed by atoms with Crippen LogP contribution in [-0.2, 0) is 5.41 Å². The summed E-state index contributed by atoms with van der Waals surface area (Å²) in [5.74, 6) is 0.431. The quantitative estimate of drug-likeness (QED) is 0.345. The van der Waals surface area contributed by atoms with Gasteiger partial charge in [-0.15, -0.1) is 0 Å². The van der Waals surface area contributed by atoms with Gasteiger partial charge in [0.2, 0.25) is 0 Å². The first-order valence-corrected chi connectivity index (χ1v) is 11.6. The summed E-state index contributed by atoms with van der Waals surface area (Å²) in [5, 5.41) is 0. The molecule has 0 heterocycles. The number of benzene rings is 4. The maximum atomic E-state index is 2.48. The van der Waals surface area contributed by atoms with Gasteiger partial charge in [-0.05, 0) is 62.6 Å². The Hall–Kier alpha value is -3.58.